The maximum atomic E-state index is 12.6. The Balaban J connectivity index is 1.56. The Morgan fingerprint density at radius 1 is 0.929 bits per heavy atom. The summed E-state index contributed by atoms with van der Waals surface area (Å²) < 4.78 is 19.6. The lowest BCUT2D eigenvalue weighted by Crippen LogP contribution is -2.23. The van der Waals surface area contributed by atoms with Gasteiger partial charge in [-0.3, -0.25) is 5.41 Å². The standard InChI is InChI=1S/C31H31N7O4/c1-18-35-25-27(38(18)17-19-9-6-5-7-10-19)36-30(37-28(25)40-22-13-14-23(26(33)34)24(32)16-22)41-21-12-8-11-20(15-21)29(39)42-31(2,3)4/h5-16H,17,32H2,1-4H3,(H3,33,34). The van der Waals surface area contributed by atoms with Crippen molar-refractivity contribution in [3.8, 4) is 23.4 Å². The molecule has 0 radical (unpaired) electrons. The monoisotopic (exact) mass is 565 g/mol. The van der Waals surface area contributed by atoms with E-state index in [-0.39, 0.29) is 23.4 Å². The average Bonchev–Trinajstić information content (AvgIpc) is 3.23. The number of fused-ring (bicyclic) bond motifs is 1. The maximum absolute atomic E-state index is 12.6. The van der Waals surface area contributed by atoms with E-state index >= 15 is 0 Å². The molecule has 0 saturated carbocycles. The number of nitrogens with two attached hydrogens (primary N) is 2. The minimum atomic E-state index is -0.643. The van der Waals surface area contributed by atoms with Crippen LogP contribution in [0.25, 0.3) is 11.2 Å². The molecule has 5 rings (SSSR count). The number of rotatable bonds is 8. The van der Waals surface area contributed by atoms with Crippen molar-refractivity contribution >= 4 is 28.7 Å². The predicted octanol–water partition coefficient (Wildman–Crippen LogP) is 5.59. The molecule has 42 heavy (non-hydrogen) atoms. The van der Waals surface area contributed by atoms with Crippen molar-refractivity contribution in [2.24, 2.45) is 5.73 Å². The molecule has 0 atom stereocenters. The topological polar surface area (TPSA) is 164 Å². The summed E-state index contributed by atoms with van der Waals surface area (Å²) in [7, 11) is 0. The Kier molecular flexibility index (Phi) is 7.49. The highest BCUT2D eigenvalue weighted by molar-refractivity contribution is 6.00. The van der Waals surface area contributed by atoms with Gasteiger partial charge in [0.15, 0.2) is 11.2 Å². The van der Waals surface area contributed by atoms with Crippen LogP contribution in [-0.4, -0.2) is 36.9 Å². The summed E-state index contributed by atoms with van der Waals surface area (Å²) >= 11 is 0. The number of nitrogens with zero attached hydrogens (tertiary/aromatic N) is 4. The second kappa shape index (κ2) is 11.2. The van der Waals surface area contributed by atoms with Gasteiger partial charge in [0, 0.05) is 17.3 Å². The van der Waals surface area contributed by atoms with Crippen molar-refractivity contribution in [3.63, 3.8) is 0 Å². The highest BCUT2D eigenvalue weighted by atomic mass is 16.6. The Bertz CT molecular complexity index is 1790. The summed E-state index contributed by atoms with van der Waals surface area (Å²) in [6.07, 6.45) is 0. The highest BCUT2D eigenvalue weighted by Gasteiger charge is 2.21. The van der Waals surface area contributed by atoms with Crippen LogP contribution in [0.4, 0.5) is 5.69 Å². The number of carbonyl (C=O) groups excluding carboxylic acids is 1. The van der Waals surface area contributed by atoms with Crippen molar-refractivity contribution in [3.05, 3.63) is 95.3 Å². The molecular weight excluding hydrogens is 534 g/mol. The fourth-order valence-corrected chi connectivity index (χ4v) is 4.23. The van der Waals surface area contributed by atoms with Crippen molar-refractivity contribution < 1.29 is 19.0 Å². The second-order valence-electron chi connectivity index (χ2n) is 10.6. The number of ether oxygens (including phenoxy) is 3. The fraction of sp³-hybridized carbons (Fsp3) is 0.194. The summed E-state index contributed by atoms with van der Waals surface area (Å²) in [6, 6.07) is 21.3. The molecule has 0 aliphatic rings. The number of aryl methyl sites for hydroxylation is 1. The number of imidazole rings is 1. The summed E-state index contributed by atoms with van der Waals surface area (Å²) in [4.78, 5) is 26.5. The first-order valence-corrected chi connectivity index (χ1v) is 13.2. The van der Waals surface area contributed by atoms with Crippen molar-refractivity contribution in [1.29, 1.82) is 5.41 Å². The first-order chi connectivity index (χ1) is 20.0. The third-order valence-corrected chi connectivity index (χ3v) is 6.12. The van der Waals surface area contributed by atoms with Crippen LogP contribution in [0.3, 0.4) is 0 Å². The van der Waals surface area contributed by atoms with Crippen LogP contribution < -0.4 is 20.9 Å². The molecule has 5 N–H and O–H groups in total. The molecule has 2 aromatic heterocycles. The number of hydrogen-bond acceptors (Lipinski definition) is 9. The molecule has 5 aromatic rings. The van der Waals surface area contributed by atoms with E-state index in [0.29, 0.717) is 46.2 Å². The molecule has 0 aliphatic heterocycles. The molecule has 0 aliphatic carbocycles. The molecule has 0 amide bonds. The molecule has 0 fully saturated rings. The second-order valence-corrected chi connectivity index (χ2v) is 10.6. The van der Waals surface area contributed by atoms with Gasteiger partial charge >= 0.3 is 12.0 Å². The van der Waals surface area contributed by atoms with E-state index in [2.05, 4.69) is 9.97 Å². The van der Waals surface area contributed by atoms with E-state index in [1.54, 1.807) is 63.2 Å². The van der Waals surface area contributed by atoms with Crippen LogP contribution in [0, 0.1) is 12.3 Å². The molecule has 2 heterocycles. The highest BCUT2D eigenvalue weighted by Crippen LogP contribution is 2.33. The van der Waals surface area contributed by atoms with Gasteiger partial charge < -0.3 is 30.2 Å². The molecular formula is C31H31N7O4. The Labute approximate surface area is 242 Å². The van der Waals surface area contributed by atoms with E-state index in [4.69, 9.17) is 36.1 Å². The number of nitrogen functional groups attached to an aromatic ring is 2. The number of amidine groups is 1. The molecule has 0 spiro atoms. The summed E-state index contributed by atoms with van der Waals surface area (Å²) in [6.45, 7) is 7.79. The van der Waals surface area contributed by atoms with E-state index in [1.807, 2.05) is 41.8 Å². The van der Waals surface area contributed by atoms with Crippen LogP contribution in [0.5, 0.6) is 23.4 Å². The molecule has 214 valence electrons. The maximum Gasteiger partial charge on any atom is 0.338 e. The number of carbonyl (C=O) groups is 1. The Morgan fingerprint density at radius 3 is 2.36 bits per heavy atom. The van der Waals surface area contributed by atoms with Gasteiger partial charge in [0.2, 0.25) is 0 Å². The minimum absolute atomic E-state index is 0.0126. The minimum Gasteiger partial charge on any atom is -0.456 e. The van der Waals surface area contributed by atoms with Crippen LogP contribution in [0.2, 0.25) is 0 Å². The summed E-state index contributed by atoms with van der Waals surface area (Å²) in [5.74, 6) is 0.918. The zero-order valence-corrected chi connectivity index (χ0v) is 23.7. The summed E-state index contributed by atoms with van der Waals surface area (Å²) in [5, 5.41) is 7.69. The number of aromatic nitrogens is 4. The van der Waals surface area contributed by atoms with Gasteiger partial charge in [-0.15, -0.1) is 0 Å². The van der Waals surface area contributed by atoms with E-state index < -0.39 is 11.6 Å². The first kappa shape index (κ1) is 28.1. The third-order valence-electron chi connectivity index (χ3n) is 6.12. The number of hydrogen-bond donors (Lipinski definition) is 3. The van der Waals surface area contributed by atoms with Crippen LogP contribution in [-0.2, 0) is 11.3 Å². The Hall–Kier alpha value is -5.45. The lowest BCUT2D eigenvalue weighted by molar-refractivity contribution is 0.00691. The average molecular weight is 566 g/mol. The van der Waals surface area contributed by atoms with E-state index in [9.17, 15) is 4.79 Å². The fourth-order valence-electron chi connectivity index (χ4n) is 4.23. The zero-order valence-electron chi connectivity index (χ0n) is 23.7. The van der Waals surface area contributed by atoms with E-state index in [0.717, 1.165) is 5.56 Å². The van der Waals surface area contributed by atoms with E-state index in [1.165, 1.54) is 0 Å². The van der Waals surface area contributed by atoms with Gasteiger partial charge in [0.05, 0.1) is 12.1 Å². The van der Waals surface area contributed by atoms with Gasteiger partial charge in [0.1, 0.15) is 28.8 Å². The SMILES string of the molecule is Cc1nc2c(Oc3ccc(C(=N)N)c(N)c3)nc(Oc3cccc(C(=O)OC(C)(C)C)c3)nc2n1Cc1ccccc1. The molecule has 3 aromatic carbocycles. The lowest BCUT2D eigenvalue weighted by Gasteiger charge is -2.19. The van der Waals surface area contributed by atoms with Gasteiger partial charge in [-0.05, 0) is 63.6 Å². The van der Waals surface area contributed by atoms with Crippen LogP contribution >= 0.6 is 0 Å². The normalized spacial score (nSPS) is 11.3. The van der Waals surface area contributed by atoms with Crippen molar-refractivity contribution in [1.82, 2.24) is 19.5 Å². The van der Waals surface area contributed by atoms with Crippen LogP contribution in [0.1, 0.15) is 48.1 Å². The number of nitrogens with one attached hydrogen (secondary N) is 1. The number of anilines is 1. The molecule has 11 heteroatoms. The molecule has 0 unspecified atom stereocenters. The van der Waals surface area contributed by atoms with Crippen molar-refractivity contribution in [2.45, 2.75) is 39.8 Å². The number of esters is 1. The predicted molar refractivity (Wildman–Crippen MR) is 159 cm³/mol. The molecule has 0 bridgehead atoms. The molecule has 0 saturated heterocycles. The van der Waals surface area contributed by atoms with Gasteiger partial charge in [-0.1, -0.05) is 36.4 Å². The summed E-state index contributed by atoms with van der Waals surface area (Å²) in [5.41, 5.74) is 14.0. The number of benzene rings is 3. The quantitative estimate of drug-likeness (QED) is 0.0941. The lowest BCUT2D eigenvalue weighted by atomic mass is 10.1. The third kappa shape index (κ3) is 6.30. The van der Waals surface area contributed by atoms with Gasteiger partial charge in [-0.2, -0.15) is 9.97 Å². The first-order valence-electron chi connectivity index (χ1n) is 13.2. The zero-order chi connectivity index (χ0) is 30.0. The Morgan fingerprint density at radius 2 is 1.67 bits per heavy atom. The largest absolute Gasteiger partial charge is 0.456 e. The molecule has 11 nitrogen and oxygen atoms in total. The smallest absolute Gasteiger partial charge is 0.338 e. The van der Waals surface area contributed by atoms with Gasteiger partial charge in [-0.25, -0.2) is 9.78 Å². The van der Waals surface area contributed by atoms with Gasteiger partial charge in [0.25, 0.3) is 5.88 Å². The van der Waals surface area contributed by atoms with Crippen molar-refractivity contribution in [2.75, 3.05) is 5.73 Å². The van der Waals surface area contributed by atoms with Crippen LogP contribution in [0.15, 0.2) is 72.8 Å².